The molecule has 0 aliphatic heterocycles. The van der Waals surface area contributed by atoms with Crippen molar-refractivity contribution in [1.29, 1.82) is 0 Å². The number of amides is 1. The molecule has 23 heavy (non-hydrogen) atoms. The SMILES string of the molecule is Cc1cc2ncc(NC(=O)c3cnc4ccccc4n3)cn2n1. The summed E-state index contributed by atoms with van der Waals surface area (Å²) in [6.45, 7) is 1.89. The molecule has 0 aliphatic carbocycles. The molecule has 0 spiro atoms. The van der Waals surface area contributed by atoms with Crippen molar-refractivity contribution in [1.82, 2.24) is 24.6 Å². The summed E-state index contributed by atoms with van der Waals surface area (Å²) in [4.78, 5) is 25.1. The molecule has 0 unspecified atom stereocenters. The highest BCUT2D eigenvalue weighted by molar-refractivity contribution is 6.03. The Kier molecular flexibility index (Phi) is 2.97. The Labute approximate surface area is 131 Å². The van der Waals surface area contributed by atoms with Gasteiger partial charge in [0.1, 0.15) is 5.69 Å². The minimum Gasteiger partial charge on any atom is -0.318 e. The van der Waals surface area contributed by atoms with E-state index >= 15 is 0 Å². The second-order valence-corrected chi connectivity index (χ2v) is 5.13. The van der Waals surface area contributed by atoms with E-state index < -0.39 is 0 Å². The Morgan fingerprint density at radius 2 is 1.96 bits per heavy atom. The zero-order valence-corrected chi connectivity index (χ0v) is 12.3. The van der Waals surface area contributed by atoms with Crippen LogP contribution < -0.4 is 5.32 Å². The van der Waals surface area contributed by atoms with E-state index in [-0.39, 0.29) is 11.6 Å². The van der Waals surface area contributed by atoms with Gasteiger partial charge in [-0.1, -0.05) is 12.1 Å². The number of benzene rings is 1. The lowest BCUT2D eigenvalue weighted by Gasteiger charge is -2.05. The lowest BCUT2D eigenvalue weighted by molar-refractivity contribution is 0.102. The van der Waals surface area contributed by atoms with E-state index in [1.54, 1.807) is 16.9 Å². The monoisotopic (exact) mass is 304 g/mol. The molecule has 4 aromatic rings. The number of hydrogen-bond donors (Lipinski definition) is 1. The standard InChI is InChI=1S/C16H12N6O/c1-10-6-15-18-7-11(9-22(15)21-10)19-16(23)14-8-17-12-4-2-3-5-13(12)20-14/h2-9H,1H3,(H,19,23). The van der Waals surface area contributed by atoms with Crippen LogP contribution in [0.2, 0.25) is 0 Å². The van der Waals surface area contributed by atoms with Gasteiger partial charge in [0, 0.05) is 6.07 Å². The maximum atomic E-state index is 12.3. The fraction of sp³-hybridized carbons (Fsp3) is 0.0625. The maximum absolute atomic E-state index is 12.3. The fourth-order valence-electron chi connectivity index (χ4n) is 2.32. The average Bonchev–Trinajstić information content (AvgIpc) is 2.93. The lowest BCUT2D eigenvalue weighted by atomic mass is 10.3. The first-order chi connectivity index (χ1) is 11.2. The lowest BCUT2D eigenvalue weighted by Crippen LogP contribution is -2.14. The third-order valence-electron chi connectivity index (χ3n) is 3.37. The van der Waals surface area contributed by atoms with Crippen molar-refractivity contribution < 1.29 is 4.79 Å². The van der Waals surface area contributed by atoms with E-state index in [0.717, 1.165) is 16.9 Å². The zero-order valence-electron chi connectivity index (χ0n) is 12.3. The van der Waals surface area contributed by atoms with Gasteiger partial charge in [-0.25, -0.2) is 14.5 Å². The van der Waals surface area contributed by atoms with Gasteiger partial charge in [0.25, 0.3) is 5.91 Å². The minimum absolute atomic E-state index is 0.250. The van der Waals surface area contributed by atoms with Crippen LogP contribution in [0.15, 0.2) is 48.9 Å². The number of aromatic nitrogens is 5. The molecule has 0 aliphatic rings. The van der Waals surface area contributed by atoms with Crippen molar-refractivity contribution in [3.05, 3.63) is 60.3 Å². The van der Waals surface area contributed by atoms with Crippen LogP contribution in [-0.2, 0) is 0 Å². The molecule has 0 atom stereocenters. The number of para-hydroxylation sites is 2. The third kappa shape index (κ3) is 2.48. The van der Waals surface area contributed by atoms with E-state index in [9.17, 15) is 4.79 Å². The van der Waals surface area contributed by atoms with Gasteiger partial charge >= 0.3 is 0 Å². The van der Waals surface area contributed by atoms with Crippen LogP contribution in [0, 0.1) is 6.92 Å². The molecule has 7 heteroatoms. The fourth-order valence-corrected chi connectivity index (χ4v) is 2.32. The van der Waals surface area contributed by atoms with Crippen LogP contribution >= 0.6 is 0 Å². The van der Waals surface area contributed by atoms with Crippen molar-refractivity contribution in [2.45, 2.75) is 6.92 Å². The molecule has 1 aromatic carbocycles. The Bertz CT molecular complexity index is 1040. The van der Waals surface area contributed by atoms with E-state index in [0.29, 0.717) is 11.2 Å². The Morgan fingerprint density at radius 1 is 1.13 bits per heavy atom. The predicted molar refractivity (Wildman–Crippen MR) is 85.2 cm³/mol. The highest BCUT2D eigenvalue weighted by atomic mass is 16.1. The largest absolute Gasteiger partial charge is 0.318 e. The van der Waals surface area contributed by atoms with Crippen LogP contribution in [0.4, 0.5) is 5.69 Å². The number of nitrogens with one attached hydrogen (secondary N) is 1. The summed E-state index contributed by atoms with van der Waals surface area (Å²) in [6, 6.07) is 9.27. The number of hydrogen-bond acceptors (Lipinski definition) is 5. The molecule has 0 radical (unpaired) electrons. The molecule has 0 bridgehead atoms. The smallest absolute Gasteiger partial charge is 0.275 e. The van der Waals surface area contributed by atoms with Crippen molar-refractivity contribution >= 4 is 28.3 Å². The Hall–Kier alpha value is -3.35. The summed E-state index contributed by atoms with van der Waals surface area (Å²) in [7, 11) is 0. The molecule has 1 amide bonds. The molecular weight excluding hydrogens is 292 g/mol. The number of carbonyl (C=O) groups excluding carboxylic acids is 1. The number of fused-ring (bicyclic) bond motifs is 2. The van der Waals surface area contributed by atoms with Crippen LogP contribution in [0.5, 0.6) is 0 Å². The molecule has 112 valence electrons. The number of rotatable bonds is 2. The van der Waals surface area contributed by atoms with Crippen LogP contribution in [0.1, 0.15) is 16.2 Å². The van der Waals surface area contributed by atoms with Gasteiger partial charge < -0.3 is 5.32 Å². The van der Waals surface area contributed by atoms with Gasteiger partial charge in [0.2, 0.25) is 0 Å². The zero-order chi connectivity index (χ0) is 15.8. The molecule has 3 aromatic heterocycles. The van der Waals surface area contributed by atoms with Crippen LogP contribution in [0.3, 0.4) is 0 Å². The van der Waals surface area contributed by atoms with Gasteiger partial charge in [0.05, 0.1) is 41.0 Å². The Balaban J connectivity index is 1.64. The second-order valence-electron chi connectivity index (χ2n) is 5.13. The molecule has 0 saturated carbocycles. The van der Waals surface area contributed by atoms with Gasteiger partial charge in [0.15, 0.2) is 5.65 Å². The molecule has 7 nitrogen and oxygen atoms in total. The molecule has 4 rings (SSSR count). The summed E-state index contributed by atoms with van der Waals surface area (Å²) in [5.41, 5.74) is 3.81. The van der Waals surface area contributed by atoms with Gasteiger partial charge in [-0.15, -0.1) is 0 Å². The first-order valence-electron chi connectivity index (χ1n) is 7.04. The molecule has 0 saturated heterocycles. The summed E-state index contributed by atoms with van der Waals surface area (Å²) in [5, 5.41) is 7.03. The van der Waals surface area contributed by atoms with Crippen molar-refractivity contribution in [2.24, 2.45) is 0 Å². The van der Waals surface area contributed by atoms with E-state index in [1.807, 2.05) is 37.3 Å². The number of anilines is 1. The molecular formula is C16H12N6O. The Morgan fingerprint density at radius 3 is 2.83 bits per heavy atom. The topological polar surface area (TPSA) is 85.1 Å². The second kappa shape index (κ2) is 5.13. The summed E-state index contributed by atoms with van der Waals surface area (Å²) in [5.74, 6) is -0.340. The highest BCUT2D eigenvalue weighted by Crippen LogP contribution is 2.12. The number of aryl methyl sites for hydroxylation is 1. The van der Waals surface area contributed by atoms with E-state index in [1.165, 1.54) is 6.20 Å². The summed E-state index contributed by atoms with van der Waals surface area (Å²) >= 11 is 0. The van der Waals surface area contributed by atoms with Crippen molar-refractivity contribution in [3.8, 4) is 0 Å². The first-order valence-corrected chi connectivity index (χ1v) is 7.04. The molecule has 1 N–H and O–H groups in total. The molecule has 3 heterocycles. The average molecular weight is 304 g/mol. The quantitative estimate of drug-likeness (QED) is 0.614. The van der Waals surface area contributed by atoms with E-state index in [4.69, 9.17) is 0 Å². The van der Waals surface area contributed by atoms with E-state index in [2.05, 4.69) is 25.4 Å². The third-order valence-corrected chi connectivity index (χ3v) is 3.37. The summed E-state index contributed by atoms with van der Waals surface area (Å²) in [6.07, 6.45) is 4.76. The molecule has 0 fully saturated rings. The number of carbonyl (C=O) groups is 1. The van der Waals surface area contributed by atoms with Crippen molar-refractivity contribution in [3.63, 3.8) is 0 Å². The first kappa shape index (κ1) is 13.3. The van der Waals surface area contributed by atoms with Crippen LogP contribution in [0.25, 0.3) is 16.7 Å². The number of nitrogens with zero attached hydrogens (tertiary/aromatic N) is 5. The predicted octanol–water partition coefficient (Wildman–Crippen LogP) is 2.23. The maximum Gasteiger partial charge on any atom is 0.275 e. The minimum atomic E-state index is -0.340. The summed E-state index contributed by atoms with van der Waals surface area (Å²) < 4.78 is 1.62. The van der Waals surface area contributed by atoms with Crippen molar-refractivity contribution in [2.75, 3.05) is 5.32 Å². The van der Waals surface area contributed by atoms with Gasteiger partial charge in [-0.05, 0) is 19.1 Å². The van der Waals surface area contributed by atoms with Crippen LogP contribution in [-0.4, -0.2) is 30.5 Å². The normalized spacial score (nSPS) is 11.0. The highest BCUT2D eigenvalue weighted by Gasteiger charge is 2.10. The van der Waals surface area contributed by atoms with Gasteiger partial charge in [-0.3, -0.25) is 9.78 Å². The van der Waals surface area contributed by atoms with Gasteiger partial charge in [-0.2, -0.15) is 5.10 Å².